The summed E-state index contributed by atoms with van der Waals surface area (Å²) in [6.45, 7) is 4.11. The second-order valence-corrected chi connectivity index (χ2v) is 7.88. The molecule has 3 aromatic heterocycles. The molecule has 1 aromatic carbocycles. The van der Waals surface area contributed by atoms with Crippen LogP contribution < -0.4 is 4.90 Å². The van der Waals surface area contributed by atoms with E-state index in [4.69, 9.17) is 4.42 Å². The molecule has 4 aromatic rings. The summed E-state index contributed by atoms with van der Waals surface area (Å²) in [6, 6.07) is 10.2. The molecule has 1 aliphatic rings. The van der Waals surface area contributed by atoms with Crippen LogP contribution in [-0.2, 0) is 6.42 Å². The number of piperidine rings is 1. The van der Waals surface area contributed by atoms with Gasteiger partial charge in [-0.3, -0.25) is 0 Å². The Morgan fingerprint density at radius 3 is 2.85 bits per heavy atom. The van der Waals surface area contributed by atoms with Crippen molar-refractivity contribution in [1.82, 2.24) is 15.0 Å². The number of aromatic nitrogens is 3. The molecule has 0 atom stereocenters. The van der Waals surface area contributed by atoms with Crippen LogP contribution in [0.5, 0.6) is 0 Å². The number of hydrogen-bond acceptors (Lipinski definition) is 6. The topological polar surface area (TPSA) is 55.1 Å². The van der Waals surface area contributed by atoms with E-state index in [1.807, 2.05) is 24.3 Å². The van der Waals surface area contributed by atoms with Gasteiger partial charge in [0.1, 0.15) is 22.5 Å². The number of hydrogen-bond donors (Lipinski definition) is 0. The van der Waals surface area contributed by atoms with Crippen molar-refractivity contribution < 1.29 is 4.42 Å². The van der Waals surface area contributed by atoms with Gasteiger partial charge in [-0.25, -0.2) is 15.0 Å². The van der Waals surface area contributed by atoms with E-state index < -0.39 is 0 Å². The number of benzene rings is 1. The van der Waals surface area contributed by atoms with Crippen LogP contribution in [0.4, 0.5) is 5.82 Å². The van der Waals surface area contributed by atoms with E-state index in [1.165, 1.54) is 10.3 Å². The van der Waals surface area contributed by atoms with Crippen molar-refractivity contribution in [2.45, 2.75) is 32.1 Å². The lowest BCUT2D eigenvalue weighted by Gasteiger charge is -2.31. The summed E-state index contributed by atoms with van der Waals surface area (Å²) in [6.07, 6.45) is 4.80. The van der Waals surface area contributed by atoms with Crippen LogP contribution in [0.15, 0.2) is 41.1 Å². The lowest BCUT2D eigenvalue weighted by Crippen LogP contribution is -2.33. The first-order valence-corrected chi connectivity index (χ1v) is 9.97. The lowest BCUT2D eigenvalue weighted by atomic mass is 9.96. The van der Waals surface area contributed by atoms with Gasteiger partial charge in [0.15, 0.2) is 11.5 Å². The molecule has 1 saturated heterocycles. The van der Waals surface area contributed by atoms with Crippen molar-refractivity contribution >= 4 is 38.5 Å². The summed E-state index contributed by atoms with van der Waals surface area (Å²) >= 11 is 1.77. The minimum absolute atomic E-state index is 0.379. The standard InChI is InChI=1S/C20H20N4OS/c1-2-14-11-15-18(21-12-22-20(15)26-14)24-9-7-13(8-10-24)19-23-16-5-3-4-6-17(16)25-19/h3-6,11-13H,2,7-10H2,1H3. The number of aryl methyl sites for hydroxylation is 1. The van der Waals surface area contributed by atoms with Crippen molar-refractivity contribution in [1.29, 1.82) is 0 Å². The van der Waals surface area contributed by atoms with E-state index in [0.717, 1.165) is 60.0 Å². The summed E-state index contributed by atoms with van der Waals surface area (Å²) in [5.41, 5.74) is 1.83. The maximum absolute atomic E-state index is 5.98. The van der Waals surface area contributed by atoms with Gasteiger partial charge in [-0.15, -0.1) is 11.3 Å². The Labute approximate surface area is 155 Å². The monoisotopic (exact) mass is 364 g/mol. The maximum atomic E-state index is 5.98. The third kappa shape index (κ3) is 2.65. The molecule has 0 radical (unpaired) electrons. The molecule has 0 bridgehead atoms. The van der Waals surface area contributed by atoms with Gasteiger partial charge in [-0.2, -0.15) is 0 Å². The second kappa shape index (κ2) is 6.36. The molecule has 0 amide bonds. The molecule has 5 rings (SSSR count). The van der Waals surface area contributed by atoms with Crippen molar-refractivity contribution in [3.05, 3.63) is 47.4 Å². The van der Waals surface area contributed by atoms with Gasteiger partial charge >= 0.3 is 0 Å². The Bertz CT molecular complexity index is 1030. The molecule has 1 aliphatic heterocycles. The molecule has 132 valence electrons. The number of fused-ring (bicyclic) bond motifs is 2. The van der Waals surface area contributed by atoms with E-state index in [0.29, 0.717) is 5.92 Å². The number of nitrogens with zero attached hydrogens (tertiary/aromatic N) is 4. The van der Waals surface area contributed by atoms with Gasteiger partial charge in [-0.05, 0) is 37.5 Å². The van der Waals surface area contributed by atoms with Crippen LogP contribution in [0.1, 0.15) is 36.5 Å². The van der Waals surface area contributed by atoms with Crippen LogP contribution in [0.25, 0.3) is 21.3 Å². The Kier molecular flexibility index (Phi) is 3.85. The zero-order chi connectivity index (χ0) is 17.5. The SMILES string of the molecule is CCc1cc2c(N3CCC(c4nc5ccccc5o4)CC3)ncnc2s1. The molecular weight excluding hydrogens is 344 g/mol. The first-order valence-electron chi connectivity index (χ1n) is 9.15. The minimum atomic E-state index is 0.379. The Hall–Kier alpha value is -2.47. The highest BCUT2D eigenvalue weighted by atomic mass is 32.1. The van der Waals surface area contributed by atoms with E-state index in [-0.39, 0.29) is 0 Å². The van der Waals surface area contributed by atoms with Crippen LogP contribution >= 0.6 is 11.3 Å². The zero-order valence-electron chi connectivity index (χ0n) is 14.7. The fourth-order valence-corrected chi connectivity index (χ4v) is 4.65. The predicted octanol–water partition coefficient (Wildman–Crippen LogP) is 4.78. The Morgan fingerprint density at radius 2 is 2.04 bits per heavy atom. The van der Waals surface area contributed by atoms with E-state index in [1.54, 1.807) is 17.7 Å². The van der Waals surface area contributed by atoms with E-state index >= 15 is 0 Å². The smallest absolute Gasteiger partial charge is 0.198 e. The molecule has 0 saturated carbocycles. The van der Waals surface area contributed by atoms with Gasteiger partial charge in [0.25, 0.3) is 0 Å². The highest BCUT2D eigenvalue weighted by molar-refractivity contribution is 7.18. The van der Waals surface area contributed by atoms with Gasteiger partial charge < -0.3 is 9.32 Å². The van der Waals surface area contributed by atoms with Gasteiger partial charge in [0.2, 0.25) is 0 Å². The maximum Gasteiger partial charge on any atom is 0.198 e. The summed E-state index contributed by atoms with van der Waals surface area (Å²) in [5, 5.41) is 1.19. The fourth-order valence-electron chi connectivity index (χ4n) is 3.72. The number of rotatable bonds is 3. The highest BCUT2D eigenvalue weighted by Crippen LogP contribution is 2.35. The highest BCUT2D eigenvalue weighted by Gasteiger charge is 2.26. The Balaban J connectivity index is 1.38. The van der Waals surface area contributed by atoms with Crippen LogP contribution in [-0.4, -0.2) is 28.0 Å². The first kappa shape index (κ1) is 15.8. The largest absolute Gasteiger partial charge is 0.440 e. The van der Waals surface area contributed by atoms with Crippen molar-refractivity contribution in [2.24, 2.45) is 0 Å². The van der Waals surface area contributed by atoms with Crippen LogP contribution in [0, 0.1) is 0 Å². The summed E-state index contributed by atoms with van der Waals surface area (Å²) < 4.78 is 5.98. The van der Waals surface area contributed by atoms with E-state index in [9.17, 15) is 0 Å². The minimum Gasteiger partial charge on any atom is -0.440 e. The van der Waals surface area contributed by atoms with Gasteiger partial charge in [-0.1, -0.05) is 19.1 Å². The molecule has 0 unspecified atom stereocenters. The van der Waals surface area contributed by atoms with Crippen LogP contribution in [0.3, 0.4) is 0 Å². The molecule has 0 spiro atoms. The third-order valence-electron chi connectivity index (χ3n) is 5.16. The Morgan fingerprint density at radius 1 is 1.19 bits per heavy atom. The summed E-state index contributed by atoms with van der Waals surface area (Å²) in [4.78, 5) is 18.6. The molecule has 26 heavy (non-hydrogen) atoms. The van der Waals surface area contributed by atoms with Crippen molar-refractivity contribution in [3.8, 4) is 0 Å². The summed E-state index contributed by atoms with van der Waals surface area (Å²) in [7, 11) is 0. The number of anilines is 1. The van der Waals surface area contributed by atoms with Crippen LogP contribution in [0.2, 0.25) is 0 Å². The van der Waals surface area contributed by atoms with E-state index in [2.05, 4.69) is 32.8 Å². The van der Waals surface area contributed by atoms with Gasteiger partial charge in [0.05, 0.1) is 5.39 Å². The average molecular weight is 364 g/mol. The normalized spacial score (nSPS) is 16.0. The first-order chi connectivity index (χ1) is 12.8. The number of para-hydroxylation sites is 2. The molecule has 0 N–H and O–H groups in total. The molecule has 4 heterocycles. The van der Waals surface area contributed by atoms with Crippen molar-refractivity contribution in [3.63, 3.8) is 0 Å². The zero-order valence-corrected chi connectivity index (χ0v) is 15.5. The average Bonchev–Trinajstić information content (AvgIpc) is 3.31. The quantitative estimate of drug-likeness (QED) is 0.524. The summed E-state index contributed by atoms with van der Waals surface area (Å²) in [5.74, 6) is 2.33. The molecule has 0 aliphatic carbocycles. The number of thiophene rings is 1. The molecule has 1 fully saturated rings. The predicted molar refractivity (Wildman–Crippen MR) is 105 cm³/mol. The molecular formula is C20H20N4OS. The van der Waals surface area contributed by atoms with Gasteiger partial charge in [0, 0.05) is 23.9 Å². The number of oxazole rings is 1. The third-order valence-corrected chi connectivity index (χ3v) is 6.35. The second-order valence-electron chi connectivity index (χ2n) is 6.76. The lowest BCUT2D eigenvalue weighted by molar-refractivity contribution is 0.407. The molecule has 5 nitrogen and oxygen atoms in total. The molecule has 6 heteroatoms. The fraction of sp³-hybridized carbons (Fsp3) is 0.350. The van der Waals surface area contributed by atoms with Crippen molar-refractivity contribution in [2.75, 3.05) is 18.0 Å².